The highest BCUT2D eigenvalue weighted by Crippen LogP contribution is 2.28. The zero-order valence-corrected chi connectivity index (χ0v) is 10.1. The lowest BCUT2D eigenvalue weighted by Crippen LogP contribution is -2.27. The van der Waals surface area contributed by atoms with E-state index in [1.165, 1.54) is 6.26 Å². The van der Waals surface area contributed by atoms with Crippen LogP contribution in [0.5, 0.6) is 0 Å². The summed E-state index contributed by atoms with van der Waals surface area (Å²) in [4.78, 5) is 0. The Kier molecular flexibility index (Phi) is 4.73. The number of rotatable bonds is 4. The molecule has 1 rings (SSSR count). The second-order valence-corrected chi connectivity index (χ2v) is 7.50. The van der Waals surface area contributed by atoms with Crippen molar-refractivity contribution in [3.63, 3.8) is 0 Å². The molecule has 84 valence electrons. The largest absolute Gasteiger partial charge is 0.392 e. The van der Waals surface area contributed by atoms with Gasteiger partial charge in [-0.2, -0.15) is 11.8 Å². The van der Waals surface area contributed by atoms with Crippen molar-refractivity contribution in [2.75, 3.05) is 17.8 Å². The lowest BCUT2D eigenvalue weighted by Gasteiger charge is -2.26. The average molecular weight is 238 g/mol. The van der Waals surface area contributed by atoms with Gasteiger partial charge in [0.15, 0.2) is 0 Å². The Hall–Kier alpha value is 0.260. The van der Waals surface area contributed by atoms with Gasteiger partial charge in [-0.25, -0.2) is 8.42 Å². The van der Waals surface area contributed by atoms with Crippen molar-refractivity contribution in [3.8, 4) is 0 Å². The van der Waals surface area contributed by atoms with Gasteiger partial charge in [-0.05, 0) is 12.8 Å². The first-order chi connectivity index (χ1) is 6.49. The van der Waals surface area contributed by atoms with Crippen LogP contribution in [0.1, 0.15) is 25.7 Å². The van der Waals surface area contributed by atoms with E-state index in [9.17, 15) is 13.5 Å². The third kappa shape index (κ3) is 4.66. The van der Waals surface area contributed by atoms with Gasteiger partial charge in [-0.15, -0.1) is 0 Å². The molecule has 0 heterocycles. The van der Waals surface area contributed by atoms with Crippen molar-refractivity contribution < 1.29 is 13.5 Å². The van der Waals surface area contributed by atoms with Crippen LogP contribution in [0, 0.1) is 0 Å². The van der Waals surface area contributed by atoms with Crippen molar-refractivity contribution in [3.05, 3.63) is 0 Å². The minimum absolute atomic E-state index is 0.223. The molecule has 0 aromatic rings. The van der Waals surface area contributed by atoms with E-state index in [0.717, 1.165) is 25.7 Å². The van der Waals surface area contributed by atoms with Crippen molar-refractivity contribution in [2.24, 2.45) is 0 Å². The molecule has 0 radical (unpaired) electrons. The van der Waals surface area contributed by atoms with Crippen LogP contribution >= 0.6 is 11.8 Å². The van der Waals surface area contributed by atoms with Gasteiger partial charge in [-0.1, -0.05) is 12.8 Å². The predicted molar refractivity (Wildman–Crippen MR) is 60.4 cm³/mol. The first-order valence-corrected chi connectivity index (χ1v) is 8.07. The first kappa shape index (κ1) is 12.3. The monoisotopic (exact) mass is 238 g/mol. The lowest BCUT2D eigenvalue weighted by molar-refractivity contribution is 0.137. The molecule has 1 fully saturated rings. The van der Waals surface area contributed by atoms with E-state index in [1.807, 2.05) is 0 Å². The minimum Gasteiger partial charge on any atom is -0.392 e. The molecule has 5 heteroatoms. The molecule has 0 aliphatic heterocycles. The molecule has 2 unspecified atom stereocenters. The van der Waals surface area contributed by atoms with Crippen LogP contribution in [0.3, 0.4) is 0 Å². The quantitative estimate of drug-likeness (QED) is 0.796. The lowest BCUT2D eigenvalue weighted by atomic mass is 9.97. The molecule has 0 bridgehead atoms. The van der Waals surface area contributed by atoms with Crippen molar-refractivity contribution in [1.29, 1.82) is 0 Å². The van der Waals surface area contributed by atoms with Crippen LogP contribution in [-0.4, -0.2) is 42.6 Å². The van der Waals surface area contributed by atoms with Gasteiger partial charge in [0.2, 0.25) is 0 Å². The number of thioether (sulfide) groups is 1. The summed E-state index contributed by atoms with van der Waals surface area (Å²) >= 11 is 1.60. The van der Waals surface area contributed by atoms with E-state index < -0.39 is 9.84 Å². The summed E-state index contributed by atoms with van der Waals surface area (Å²) in [7, 11) is -2.84. The van der Waals surface area contributed by atoms with Crippen molar-refractivity contribution in [2.45, 2.75) is 37.0 Å². The van der Waals surface area contributed by atoms with E-state index in [1.54, 1.807) is 11.8 Å². The van der Waals surface area contributed by atoms with E-state index >= 15 is 0 Å². The fourth-order valence-electron chi connectivity index (χ4n) is 1.62. The molecule has 3 nitrogen and oxygen atoms in total. The molecule has 1 N–H and O–H groups in total. The second kappa shape index (κ2) is 5.37. The van der Waals surface area contributed by atoms with Gasteiger partial charge < -0.3 is 5.11 Å². The third-order valence-corrected chi connectivity index (χ3v) is 5.08. The molecule has 0 spiro atoms. The van der Waals surface area contributed by atoms with Crippen LogP contribution in [0.25, 0.3) is 0 Å². The average Bonchev–Trinajstić information content (AvgIpc) is 2.06. The van der Waals surface area contributed by atoms with Gasteiger partial charge in [-0.3, -0.25) is 0 Å². The Bertz CT molecular complexity index is 261. The fourth-order valence-corrected chi connectivity index (χ4v) is 4.21. The summed E-state index contributed by atoms with van der Waals surface area (Å²) in [5.41, 5.74) is 0. The molecule has 1 saturated carbocycles. The second-order valence-electron chi connectivity index (χ2n) is 3.89. The maximum Gasteiger partial charge on any atom is 0.148 e. The first-order valence-electron chi connectivity index (χ1n) is 4.96. The van der Waals surface area contributed by atoms with E-state index in [2.05, 4.69) is 0 Å². The standard InChI is InChI=1S/C9H18O3S2/c1-14(11,12)7-6-13-9-5-3-2-4-8(9)10/h8-10H,2-7H2,1H3. The van der Waals surface area contributed by atoms with Crippen molar-refractivity contribution >= 4 is 21.6 Å². The van der Waals surface area contributed by atoms with E-state index in [0.29, 0.717) is 5.75 Å². The third-order valence-electron chi connectivity index (χ3n) is 2.45. The highest BCUT2D eigenvalue weighted by molar-refractivity contribution is 8.01. The molecule has 2 atom stereocenters. The topological polar surface area (TPSA) is 54.4 Å². The normalized spacial score (nSPS) is 29.0. The zero-order chi connectivity index (χ0) is 10.6. The molecule has 0 amide bonds. The number of aliphatic hydroxyl groups excluding tert-OH is 1. The Labute approximate surface area is 90.2 Å². The Balaban J connectivity index is 2.23. The molecule has 0 aromatic carbocycles. The predicted octanol–water partition coefficient (Wildman–Crippen LogP) is 1.07. The van der Waals surface area contributed by atoms with Gasteiger partial charge >= 0.3 is 0 Å². The van der Waals surface area contributed by atoms with Crippen LogP contribution < -0.4 is 0 Å². The summed E-state index contributed by atoms with van der Waals surface area (Å²) in [5, 5.41) is 9.88. The number of sulfone groups is 1. The molecule has 1 aliphatic carbocycles. The molecule has 14 heavy (non-hydrogen) atoms. The number of hydrogen-bond donors (Lipinski definition) is 1. The molecular formula is C9H18O3S2. The van der Waals surface area contributed by atoms with Crippen LogP contribution in [0.2, 0.25) is 0 Å². The van der Waals surface area contributed by atoms with Crippen LogP contribution in [0.15, 0.2) is 0 Å². The summed E-state index contributed by atoms with van der Waals surface area (Å²) in [6.45, 7) is 0. The Morgan fingerprint density at radius 1 is 1.36 bits per heavy atom. The number of aliphatic hydroxyl groups is 1. The maximum absolute atomic E-state index is 10.9. The van der Waals surface area contributed by atoms with Gasteiger partial charge in [0, 0.05) is 17.3 Å². The molecule has 0 saturated heterocycles. The molecular weight excluding hydrogens is 220 g/mol. The van der Waals surface area contributed by atoms with E-state index in [4.69, 9.17) is 0 Å². The summed E-state index contributed by atoms with van der Waals surface area (Å²) in [6, 6.07) is 0. The van der Waals surface area contributed by atoms with Gasteiger partial charge in [0.1, 0.15) is 9.84 Å². The Morgan fingerprint density at radius 2 is 2.00 bits per heavy atom. The summed E-state index contributed by atoms with van der Waals surface area (Å²) < 4.78 is 21.8. The smallest absolute Gasteiger partial charge is 0.148 e. The SMILES string of the molecule is CS(=O)(=O)CCSC1CCCCC1O. The molecule has 0 aromatic heterocycles. The van der Waals surface area contributed by atoms with Gasteiger partial charge in [0.05, 0.1) is 11.9 Å². The van der Waals surface area contributed by atoms with Crippen molar-refractivity contribution in [1.82, 2.24) is 0 Å². The number of hydrogen-bond acceptors (Lipinski definition) is 4. The zero-order valence-electron chi connectivity index (χ0n) is 8.48. The minimum atomic E-state index is -2.84. The van der Waals surface area contributed by atoms with E-state index in [-0.39, 0.29) is 17.1 Å². The van der Waals surface area contributed by atoms with Crippen LogP contribution in [-0.2, 0) is 9.84 Å². The fraction of sp³-hybridized carbons (Fsp3) is 1.00. The highest BCUT2D eigenvalue weighted by atomic mass is 32.2. The summed E-state index contributed by atoms with van der Waals surface area (Å²) in [6.07, 6.45) is 5.18. The van der Waals surface area contributed by atoms with Crippen LogP contribution in [0.4, 0.5) is 0 Å². The van der Waals surface area contributed by atoms with Gasteiger partial charge in [0.25, 0.3) is 0 Å². The maximum atomic E-state index is 10.9. The molecule has 1 aliphatic rings. The Morgan fingerprint density at radius 3 is 2.57 bits per heavy atom. The highest BCUT2D eigenvalue weighted by Gasteiger charge is 2.23. The summed E-state index contributed by atoms with van der Waals surface area (Å²) in [5.74, 6) is 0.835.